The van der Waals surface area contributed by atoms with E-state index in [0.717, 1.165) is 5.56 Å². The van der Waals surface area contributed by atoms with E-state index in [2.05, 4.69) is 10.1 Å². The van der Waals surface area contributed by atoms with Crippen LogP contribution in [0.15, 0.2) is 48.9 Å². The fourth-order valence-corrected chi connectivity index (χ4v) is 3.26. The Morgan fingerprint density at radius 3 is 2.81 bits per heavy atom. The maximum atomic E-state index is 14.8. The smallest absolute Gasteiger partial charge is 0.338 e. The highest BCUT2D eigenvalue weighted by Crippen LogP contribution is 2.37. The van der Waals surface area contributed by atoms with Crippen molar-refractivity contribution in [1.82, 2.24) is 19.2 Å². The van der Waals surface area contributed by atoms with Gasteiger partial charge in [-0.05, 0) is 23.8 Å². The topological polar surface area (TPSA) is 61.4 Å². The molecule has 0 saturated carbocycles. The maximum absolute atomic E-state index is 14.8. The van der Waals surface area contributed by atoms with Gasteiger partial charge in [-0.3, -0.25) is 9.08 Å². The molecule has 1 aromatic carbocycles. The molecule has 8 heteroatoms. The molecule has 0 aliphatic heterocycles. The van der Waals surface area contributed by atoms with E-state index in [1.165, 1.54) is 13.2 Å². The number of carbonyl (C=O) groups excluding carboxylic acids is 1. The zero-order chi connectivity index (χ0) is 19.1. The first kappa shape index (κ1) is 17.2. The SMILES string of the molecule is COC(=O)c1ccn2c(Cl)c(-c3c(F)cccc3-c3cnn(C)c3)nc2c1. The summed E-state index contributed by atoms with van der Waals surface area (Å²) < 4.78 is 22.7. The summed E-state index contributed by atoms with van der Waals surface area (Å²) in [5.41, 5.74) is 2.68. The number of rotatable bonds is 3. The van der Waals surface area contributed by atoms with E-state index in [9.17, 15) is 9.18 Å². The minimum atomic E-state index is -0.486. The van der Waals surface area contributed by atoms with E-state index in [0.29, 0.717) is 16.8 Å². The van der Waals surface area contributed by atoms with Crippen LogP contribution in [0.3, 0.4) is 0 Å². The van der Waals surface area contributed by atoms with E-state index in [1.807, 2.05) is 0 Å². The van der Waals surface area contributed by atoms with Gasteiger partial charge in [0.15, 0.2) is 0 Å². The summed E-state index contributed by atoms with van der Waals surface area (Å²) in [5, 5.41) is 4.39. The summed E-state index contributed by atoms with van der Waals surface area (Å²) in [6.45, 7) is 0. The fraction of sp³-hybridized carbons (Fsp3) is 0.105. The molecule has 4 rings (SSSR count). The Kier molecular flexibility index (Phi) is 4.16. The maximum Gasteiger partial charge on any atom is 0.338 e. The first-order chi connectivity index (χ1) is 13.0. The molecule has 0 amide bonds. The Hall–Kier alpha value is -3.19. The van der Waals surface area contributed by atoms with E-state index in [4.69, 9.17) is 16.3 Å². The van der Waals surface area contributed by atoms with E-state index < -0.39 is 11.8 Å². The van der Waals surface area contributed by atoms with Gasteiger partial charge in [-0.1, -0.05) is 23.7 Å². The molecule has 4 aromatic rings. The van der Waals surface area contributed by atoms with Gasteiger partial charge in [0.1, 0.15) is 22.3 Å². The van der Waals surface area contributed by atoms with Crippen molar-refractivity contribution < 1.29 is 13.9 Å². The Labute approximate surface area is 158 Å². The van der Waals surface area contributed by atoms with Crippen LogP contribution in [-0.4, -0.2) is 32.2 Å². The Morgan fingerprint density at radius 1 is 1.30 bits per heavy atom. The lowest BCUT2D eigenvalue weighted by Crippen LogP contribution is -2.01. The zero-order valence-corrected chi connectivity index (χ0v) is 15.2. The van der Waals surface area contributed by atoms with Gasteiger partial charge >= 0.3 is 5.97 Å². The van der Waals surface area contributed by atoms with Gasteiger partial charge in [0.05, 0.1) is 18.9 Å². The first-order valence-corrected chi connectivity index (χ1v) is 8.41. The third-order valence-corrected chi connectivity index (χ3v) is 4.62. The monoisotopic (exact) mass is 384 g/mol. The normalized spacial score (nSPS) is 11.1. The number of carbonyl (C=O) groups is 1. The highest BCUT2D eigenvalue weighted by Gasteiger charge is 2.21. The average molecular weight is 385 g/mol. The number of hydrogen-bond donors (Lipinski definition) is 0. The number of hydrogen-bond acceptors (Lipinski definition) is 4. The number of pyridine rings is 1. The standard InChI is InChI=1S/C19H14ClFN4O2/c1-24-10-12(9-22-24)13-4-3-5-14(21)16(13)17-18(20)25-7-6-11(19(26)27-2)8-15(25)23-17/h3-10H,1-2H3. The molecule has 0 N–H and O–H groups in total. The van der Waals surface area contributed by atoms with Crippen molar-refractivity contribution in [3.05, 3.63) is 65.5 Å². The number of esters is 1. The van der Waals surface area contributed by atoms with Crippen LogP contribution < -0.4 is 0 Å². The molecule has 0 bridgehead atoms. The highest BCUT2D eigenvalue weighted by molar-refractivity contribution is 6.32. The molecule has 6 nitrogen and oxygen atoms in total. The average Bonchev–Trinajstić information content (AvgIpc) is 3.24. The summed E-state index contributed by atoms with van der Waals surface area (Å²) in [4.78, 5) is 16.2. The molecule has 0 unspecified atom stereocenters. The fourth-order valence-electron chi connectivity index (χ4n) is 2.98. The molecular weight excluding hydrogens is 371 g/mol. The molecule has 0 atom stereocenters. The molecule has 0 saturated heterocycles. The number of methoxy groups -OCH3 is 1. The van der Waals surface area contributed by atoms with Crippen LogP contribution in [0.2, 0.25) is 5.15 Å². The lowest BCUT2D eigenvalue weighted by atomic mass is 10.00. The summed E-state index contributed by atoms with van der Waals surface area (Å²) in [6, 6.07) is 7.89. The second-order valence-electron chi connectivity index (χ2n) is 5.95. The molecule has 3 heterocycles. The molecule has 3 aromatic heterocycles. The molecule has 0 fully saturated rings. The van der Waals surface area contributed by atoms with Gasteiger partial charge in [0.2, 0.25) is 0 Å². The van der Waals surface area contributed by atoms with E-state index in [-0.39, 0.29) is 16.4 Å². The number of fused-ring (bicyclic) bond motifs is 1. The van der Waals surface area contributed by atoms with Gasteiger partial charge in [0, 0.05) is 30.6 Å². The zero-order valence-electron chi connectivity index (χ0n) is 14.5. The van der Waals surface area contributed by atoms with Gasteiger partial charge in [-0.2, -0.15) is 5.10 Å². The van der Waals surface area contributed by atoms with Gasteiger partial charge in [-0.25, -0.2) is 14.2 Å². The summed E-state index contributed by atoms with van der Waals surface area (Å²) in [5.74, 6) is -0.935. The third-order valence-electron chi connectivity index (χ3n) is 4.26. The van der Waals surface area contributed by atoms with Crippen molar-refractivity contribution in [3.8, 4) is 22.4 Å². The van der Waals surface area contributed by atoms with Gasteiger partial charge in [0.25, 0.3) is 0 Å². The number of nitrogens with zero attached hydrogens (tertiary/aromatic N) is 4. The number of aromatic nitrogens is 4. The van der Waals surface area contributed by atoms with Gasteiger partial charge < -0.3 is 4.74 Å². The largest absolute Gasteiger partial charge is 0.465 e. The molecule has 0 radical (unpaired) electrons. The molecule has 136 valence electrons. The van der Waals surface area contributed by atoms with Crippen molar-refractivity contribution in [2.45, 2.75) is 0 Å². The molecule has 0 aliphatic rings. The van der Waals surface area contributed by atoms with Crippen molar-refractivity contribution in [3.63, 3.8) is 0 Å². The summed E-state index contributed by atoms with van der Waals surface area (Å²) >= 11 is 6.49. The van der Waals surface area contributed by atoms with Gasteiger partial charge in [-0.15, -0.1) is 0 Å². The van der Waals surface area contributed by atoms with E-state index >= 15 is 0 Å². The number of aryl methyl sites for hydroxylation is 1. The molecular formula is C19H14ClFN4O2. The third kappa shape index (κ3) is 2.86. The van der Waals surface area contributed by atoms with Crippen molar-refractivity contribution in [2.24, 2.45) is 7.05 Å². The lowest BCUT2D eigenvalue weighted by Gasteiger charge is -2.07. The van der Waals surface area contributed by atoms with Crippen molar-refractivity contribution in [2.75, 3.05) is 7.11 Å². The van der Waals surface area contributed by atoms with Crippen LogP contribution in [-0.2, 0) is 11.8 Å². The number of imidazole rings is 1. The second-order valence-corrected chi connectivity index (χ2v) is 6.31. The summed E-state index contributed by atoms with van der Waals surface area (Å²) in [7, 11) is 3.09. The van der Waals surface area contributed by atoms with Crippen LogP contribution in [0.5, 0.6) is 0 Å². The number of benzene rings is 1. The predicted octanol–water partition coefficient (Wildman–Crippen LogP) is 3.98. The van der Waals surface area contributed by atoms with Crippen LogP contribution in [0, 0.1) is 5.82 Å². The van der Waals surface area contributed by atoms with E-state index in [1.54, 1.807) is 59.0 Å². The van der Waals surface area contributed by atoms with Crippen molar-refractivity contribution in [1.29, 1.82) is 0 Å². The van der Waals surface area contributed by atoms with Crippen LogP contribution in [0.1, 0.15) is 10.4 Å². The second kappa shape index (κ2) is 6.51. The van der Waals surface area contributed by atoms with Crippen LogP contribution in [0.25, 0.3) is 28.0 Å². The quantitative estimate of drug-likeness (QED) is 0.501. The minimum Gasteiger partial charge on any atom is -0.465 e. The first-order valence-electron chi connectivity index (χ1n) is 8.03. The number of ether oxygens (including phenoxy) is 1. The van der Waals surface area contributed by atoms with Crippen LogP contribution >= 0.6 is 11.6 Å². The lowest BCUT2D eigenvalue weighted by molar-refractivity contribution is 0.0600. The minimum absolute atomic E-state index is 0.247. The molecule has 0 aliphatic carbocycles. The Balaban J connectivity index is 1.95. The highest BCUT2D eigenvalue weighted by atomic mass is 35.5. The molecule has 0 spiro atoms. The summed E-state index contributed by atoms with van der Waals surface area (Å²) in [6.07, 6.45) is 5.04. The van der Waals surface area contributed by atoms with Crippen LogP contribution in [0.4, 0.5) is 4.39 Å². The molecule has 27 heavy (non-hydrogen) atoms. The Morgan fingerprint density at radius 2 is 2.11 bits per heavy atom. The number of halogens is 2. The predicted molar refractivity (Wildman–Crippen MR) is 99.1 cm³/mol. The van der Waals surface area contributed by atoms with Crippen molar-refractivity contribution >= 4 is 23.2 Å². The Bertz CT molecular complexity index is 1180.